The van der Waals surface area contributed by atoms with Crippen molar-refractivity contribution in [1.29, 1.82) is 0 Å². The van der Waals surface area contributed by atoms with Crippen LogP contribution in [0, 0.1) is 0 Å². The Hall–Kier alpha value is -1.79. The fourth-order valence-electron chi connectivity index (χ4n) is 1.93. The summed E-state index contributed by atoms with van der Waals surface area (Å²) in [6.07, 6.45) is 0. The Bertz CT molecular complexity index is 461. The smallest absolute Gasteiger partial charge is 0.204 e. The van der Waals surface area contributed by atoms with Crippen molar-refractivity contribution >= 4 is 0 Å². The molecule has 1 atom stereocenters. The van der Waals surface area contributed by atoms with Gasteiger partial charge in [0.25, 0.3) is 0 Å². The monoisotopic (exact) mass is 231 g/mol. The van der Waals surface area contributed by atoms with Gasteiger partial charge < -0.3 is 10.1 Å². The van der Waals surface area contributed by atoms with E-state index in [0.717, 1.165) is 25.3 Å². The van der Waals surface area contributed by atoms with Crippen LogP contribution in [-0.2, 0) is 4.74 Å². The number of ether oxygens (including phenoxy) is 1. The van der Waals surface area contributed by atoms with Crippen LogP contribution in [0.2, 0.25) is 0 Å². The molecule has 1 fully saturated rings. The van der Waals surface area contributed by atoms with E-state index in [1.54, 1.807) is 0 Å². The second-order valence-corrected chi connectivity index (χ2v) is 3.94. The van der Waals surface area contributed by atoms with Gasteiger partial charge in [-0.2, -0.15) is 5.21 Å². The number of aromatic amines is 1. The van der Waals surface area contributed by atoms with E-state index in [2.05, 4.69) is 38.1 Å². The highest BCUT2D eigenvalue weighted by Crippen LogP contribution is 2.19. The molecule has 2 N–H and O–H groups in total. The van der Waals surface area contributed by atoms with Crippen LogP contribution >= 0.6 is 0 Å². The molecular weight excluding hydrogens is 218 g/mol. The molecule has 88 valence electrons. The Labute approximate surface area is 98.4 Å². The number of hydrogen-bond acceptors (Lipinski definition) is 5. The lowest BCUT2D eigenvalue weighted by atomic mass is 10.0. The van der Waals surface area contributed by atoms with Crippen molar-refractivity contribution in [2.75, 3.05) is 19.8 Å². The maximum absolute atomic E-state index is 5.44. The van der Waals surface area contributed by atoms with Gasteiger partial charge in [-0.1, -0.05) is 24.3 Å². The molecule has 2 heterocycles. The summed E-state index contributed by atoms with van der Waals surface area (Å²) in [5.41, 5.74) is 2.18. The largest absolute Gasteiger partial charge is 0.378 e. The summed E-state index contributed by atoms with van der Waals surface area (Å²) < 4.78 is 5.44. The van der Waals surface area contributed by atoms with Crippen molar-refractivity contribution in [1.82, 2.24) is 25.9 Å². The van der Waals surface area contributed by atoms with Gasteiger partial charge in [0.2, 0.25) is 5.82 Å². The average molecular weight is 231 g/mol. The zero-order chi connectivity index (χ0) is 11.5. The molecule has 2 aromatic rings. The van der Waals surface area contributed by atoms with Gasteiger partial charge in [0.05, 0.1) is 19.3 Å². The van der Waals surface area contributed by atoms with Crippen molar-refractivity contribution in [3.63, 3.8) is 0 Å². The maximum Gasteiger partial charge on any atom is 0.204 e. The maximum atomic E-state index is 5.44. The lowest BCUT2D eigenvalue weighted by molar-refractivity contribution is 0.0769. The van der Waals surface area contributed by atoms with Gasteiger partial charge in [-0.05, 0) is 10.8 Å². The Morgan fingerprint density at radius 1 is 1.24 bits per heavy atom. The number of aromatic nitrogens is 4. The molecule has 3 rings (SSSR count). The molecule has 0 saturated carbocycles. The van der Waals surface area contributed by atoms with Crippen LogP contribution < -0.4 is 5.32 Å². The van der Waals surface area contributed by atoms with Crippen molar-refractivity contribution in [2.45, 2.75) is 6.04 Å². The van der Waals surface area contributed by atoms with E-state index in [4.69, 9.17) is 4.74 Å². The van der Waals surface area contributed by atoms with Gasteiger partial charge in [0.1, 0.15) is 0 Å². The molecule has 1 aromatic heterocycles. The first kappa shape index (κ1) is 10.4. The van der Waals surface area contributed by atoms with Crippen molar-refractivity contribution in [3.05, 3.63) is 29.8 Å². The number of hydrogen-bond donors (Lipinski definition) is 2. The quantitative estimate of drug-likeness (QED) is 0.788. The van der Waals surface area contributed by atoms with Crippen LogP contribution in [0.4, 0.5) is 0 Å². The van der Waals surface area contributed by atoms with Crippen LogP contribution in [0.3, 0.4) is 0 Å². The Balaban J connectivity index is 1.80. The fraction of sp³-hybridized carbons (Fsp3) is 0.364. The van der Waals surface area contributed by atoms with Gasteiger partial charge in [-0.15, -0.1) is 10.2 Å². The third kappa shape index (κ3) is 2.17. The molecule has 1 aliphatic rings. The van der Waals surface area contributed by atoms with Crippen LogP contribution in [0.5, 0.6) is 0 Å². The summed E-state index contributed by atoms with van der Waals surface area (Å²) in [6.45, 7) is 2.41. The highest BCUT2D eigenvalue weighted by atomic mass is 16.5. The minimum absolute atomic E-state index is 0.281. The van der Waals surface area contributed by atoms with E-state index < -0.39 is 0 Å². The summed E-state index contributed by atoms with van der Waals surface area (Å²) in [7, 11) is 0. The molecule has 0 radical (unpaired) electrons. The molecule has 0 spiro atoms. The van der Waals surface area contributed by atoms with E-state index >= 15 is 0 Å². The van der Waals surface area contributed by atoms with E-state index in [0.29, 0.717) is 5.82 Å². The first-order chi connectivity index (χ1) is 8.43. The molecule has 1 aromatic carbocycles. The molecule has 1 saturated heterocycles. The van der Waals surface area contributed by atoms with Gasteiger partial charge in [0, 0.05) is 12.1 Å². The number of benzene rings is 1. The van der Waals surface area contributed by atoms with E-state index in [-0.39, 0.29) is 6.04 Å². The fourth-order valence-corrected chi connectivity index (χ4v) is 1.93. The summed E-state index contributed by atoms with van der Waals surface area (Å²) in [6, 6.07) is 8.41. The second-order valence-electron chi connectivity index (χ2n) is 3.94. The highest BCUT2D eigenvalue weighted by molar-refractivity contribution is 5.54. The molecule has 0 bridgehead atoms. The molecule has 1 unspecified atom stereocenters. The van der Waals surface area contributed by atoms with Crippen LogP contribution in [0.25, 0.3) is 11.4 Å². The molecule has 0 amide bonds. The number of tetrazole rings is 1. The van der Waals surface area contributed by atoms with E-state index in [9.17, 15) is 0 Å². The predicted octanol–water partition coefficient (Wildman–Crippen LogP) is 0.528. The summed E-state index contributed by atoms with van der Waals surface area (Å²) in [5.74, 6) is 0.615. The first-order valence-electron chi connectivity index (χ1n) is 5.58. The lowest BCUT2D eigenvalue weighted by Gasteiger charge is -2.24. The summed E-state index contributed by atoms with van der Waals surface area (Å²) in [5, 5.41) is 17.3. The zero-order valence-corrected chi connectivity index (χ0v) is 9.26. The van der Waals surface area contributed by atoms with Crippen LogP contribution in [-0.4, -0.2) is 40.4 Å². The molecule has 6 heteroatoms. The zero-order valence-electron chi connectivity index (χ0n) is 9.26. The molecule has 17 heavy (non-hydrogen) atoms. The van der Waals surface area contributed by atoms with Gasteiger partial charge in [-0.3, -0.25) is 0 Å². The van der Waals surface area contributed by atoms with Crippen LogP contribution in [0.15, 0.2) is 24.3 Å². The predicted molar refractivity (Wildman–Crippen MR) is 61.2 cm³/mol. The molecule has 0 aliphatic carbocycles. The number of morpholine rings is 1. The Morgan fingerprint density at radius 3 is 2.76 bits per heavy atom. The van der Waals surface area contributed by atoms with Crippen molar-refractivity contribution in [3.8, 4) is 11.4 Å². The SMILES string of the molecule is c1cc(C2COCCN2)ccc1-c1nn[nH]n1. The highest BCUT2D eigenvalue weighted by Gasteiger charge is 2.15. The standard InChI is InChI=1S/C11H13N5O/c1-3-9(11-13-15-16-14-11)4-2-8(1)10-7-17-6-5-12-10/h1-4,10,12H,5-7H2,(H,13,14,15,16). The molecule has 1 aliphatic heterocycles. The van der Waals surface area contributed by atoms with E-state index in [1.165, 1.54) is 5.56 Å². The van der Waals surface area contributed by atoms with Crippen molar-refractivity contribution < 1.29 is 4.74 Å². The average Bonchev–Trinajstić information content (AvgIpc) is 2.94. The summed E-state index contributed by atoms with van der Waals surface area (Å²) >= 11 is 0. The third-order valence-electron chi connectivity index (χ3n) is 2.84. The van der Waals surface area contributed by atoms with Gasteiger partial charge >= 0.3 is 0 Å². The van der Waals surface area contributed by atoms with Gasteiger partial charge in [-0.25, -0.2) is 0 Å². The number of rotatable bonds is 2. The normalized spacial score (nSPS) is 20.4. The number of H-pyrrole nitrogens is 1. The Morgan fingerprint density at radius 2 is 2.12 bits per heavy atom. The Kier molecular flexibility index (Phi) is 2.81. The minimum Gasteiger partial charge on any atom is -0.378 e. The number of nitrogens with zero attached hydrogens (tertiary/aromatic N) is 3. The minimum atomic E-state index is 0.281. The van der Waals surface area contributed by atoms with Crippen molar-refractivity contribution in [2.24, 2.45) is 0 Å². The second kappa shape index (κ2) is 4.60. The summed E-state index contributed by atoms with van der Waals surface area (Å²) in [4.78, 5) is 0. The van der Waals surface area contributed by atoms with Crippen LogP contribution in [0.1, 0.15) is 11.6 Å². The topological polar surface area (TPSA) is 75.7 Å². The first-order valence-corrected chi connectivity index (χ1v) is 5.58. The third-order valence-corrected chi connectivity index (χ3v) is 2.84. The van der Waals surface area contributed by atoms with Gasteiger partial charge in [0.15, 0.2) is 0 Å². The number of nitrogens with one attached hydrogen (secondary N) is 2. The van der Waals surface area contributed by atoms with E-state index in [1.807, 2.05) is 12.1 Å². The molecular formula is C11H13N5O. The molecule has 6 nitrogen and oxygen atoms in total. The lowest BCUT2D eigenvalue weighted by Crippen LogP contribution is -2.34.